The van der Waals surface area contributed by atoms with E-state index in [0.717, 1.165) is 11.3 Å². The molecule has 0 saturated carbocycles. The van der Waals surface area contributed by atoms with Gasteiger partial charge in [0.05, 0.1) is 7.11 Å². The third kappa shape index (κ3) is 4.54. The highest BCUT2D eigenvalue weighted by Gasteiger charge is 2.24. The van der Waals surface area contributed by atoms with E-state index in [9.17, 15) is 13.2 Å². The Morgan fingerprint density at radius 1 is 1.10 bits per heavy atom. The number of hydrogen-bond acceptors (Lipinski definition) is 9. The molecule has 4 aromatic rings. The lowest BCUT2D eigenvalue weighted by molar-refractivity contribution is 0.0602. The molecule has 158 valence electrons. The molecule has 3 heterocycles. The molecule has 12 heteroatoms. The van der Waals surface area contributed by atoms with Crippen molar-refractivity contribution in [2.75, 3.05) is 11.8 Å². The van der Waals surface area contributed by atoms with E-state index < -0.39 is 16.0 Å². The summed E-state index contributed by atoms with van der Waals surface area (Å²) >= 11 is 0.992. The summed E-state index contributed by atoms with van der Waals surface area (Å²) < 4.78 is 39.7. The number of hydrogen-bond donors (Lipinski definition) is 1. The number of methoxy groups -OCH3 is 1. The molecule has 10 nitrogen and oxygen atoms in total. The van der Waals surface area contributed by atoms with Crippen molar-refractivity contribution in [1.82, 2.24) is 19.7 Å². The van der Waals surface area contributed by atoms with E-state index in [4.69, 9.17) is 4.74 Å². The van der Waals surface area contributed by atoms with Crippen LogP contribution < -0.4 is 9.46 Å². The summed E-state index contributed by atoms with van der Waals surface area (Å²) in [5.74, 6) is 0.602. The molecule has 0 spiro atoms. The van der Waals surface area contributed by atoms with E-state index in [1.807, 2.05) is 0 Å². The molecule has 0 saturated heterocycles. The molecule has 0 atom stereocenters. The smallest absolute Gasteiger partial charge is 0.349 e. The van der Waals surface area contributed by atoms with Crippen molar-refractivity contribution in [2.24, 2.45) is 0 Å². The van der Waals surface area contributed by atoms with E-state index in [0.29, 0.717) is 17.3 Å². The normalized spacial score (nSPS) is 11.1. The Morgan fingerprint density at radius 3 is 2.55 bits per heavy atom. The molecule has 0 aliphatic rings. The Labute approximate surface area is 181 Å². The fourth-order valence-electron chi connectivity index (χ4n) is 2.57. The SMILES string of the molecule is COC(=O)c1sccc1S(=O)(=O)Nc1ccc(Oc2ccc(-n3ccnc3)nn2)cc1. The van der Waals surface area contributed by atoms with Crippen LogP contribution >= 0.6 is 11.3 Å². The van der Waals surface area contributed by atoms with Crippen LogP contribution in [0.2, 0.25) is 0 Å². The first-order chi connectivity index (χ1) is 15.0. The third-order valence-corrected chi connectivity index (χ3v) is 6.46. The maximum absolute atomic E-state index is 12.6. The Balaban J connectivity index is 1.45. The first-order valence-corrected chi connectivity index (χ1v) is 11.1. The lowest BCUT2D eigenvalue weighted by Crippen LogP contribution is -2.15. The Bertz CT molecular complexity index is 1280. The van der Waals surface area contributed by atoms with Crippen LogP contribution in [0, 0.1) is 0 Å². The maximum atomic E-state index is 12.6. The minimum Gasteiger partial charge on any atom is -0.465 e. The largest absolute Gasteiger partial charge is 0.465 e. The number of aromatic nitrogens is 4. The molecular weight excluding hydrogens is 442 g/mol. The number of nitrogens with one attached hydrogen (secondary N) is 1. The quantitative estimate of drug-likeness (QED) is 0.420. The van der Waals surface area contributed by atoms with Gasteiger partial charge in [-0.05, 0) is 41.8 Å². The second-order valence-electron chi connectivity index (χ2n) is 6.04. The first-order valence-electron chi connectivity index (χ1n) is 8.75. The monoisotopic (exact) mass is 457 g/mol. The highest BCUT2D eigenvalue weighted by atomic mass is 32.2. The van der Waals surface area contributed by atoms with Crippen LogP contribution in [0.5, 0.6) is 11.6 Å². The molecule has 1 N–H and O–H groups in total. The standard InChI is InChI=1S/C19H15N5O5S2/c1-28-19(25)18-15(8-11-30-18)31(26,27)23-13-2-4-14(5-3-13)29-17-7-6-16(21-22-17)24-10-9-20-12-24/h2-12,23H,1H3. The molecule has 0 unspecified atom stereocenters. The fraction of sp³-hybridized carbons (Fsp3) is 0.0526. The van der Waals surface area contributed by atoms with Gasteiger partial charge in [-0.15, -0.1) is 21.5 Å². The molecule has 0 radical (unpaired) electrons. The molecule has 0 amide bonds. The van der Waals surface area contributed by atoms with Gasteiger partial charge in [0, 0.05) is 24.1 Å². The number of carbonyl (C=O) groups is 1. The fourth-order valence-corrected chi connectivity index (χ4v) is 4.97. The van der Waals surface area contributed by atoms with Crippen molar-refractivity contribution in [3.05, 3.63) is 71.4 Å². The Morgan fingerprint density at radius 2 is 1.90 bits per heavy atom. The van der Waals surface area contributed by atoms with Gasteiger partial charge in [-0.25, -0.2) is 18.2 Å². The average molecular weight is 457 g/mol. The zero-order valence-corrected chi connectivity index (χ0v) is 17.6. The number of rotatable bonds is 7. The molecule has 31 heavy (non-hydrogen) atoms. The van der Waals surface area contributed by atoms with Crippen molar-refractivity contribution in [3.8, 4) is 17.4 Å². The summed E-state index contributed by atoms with van der Waals surface area (Å²) in [5.41, 5.74) is 0.302. The number of carbonyl (C=O) groups excluding carboxylic acids is 1. The Kier molecular flexibility index (Phi) is 5.64. The number of thiophene rings is 1. The minimum absolute atomic E-state index is 0.00710. The van der Waals surface area contributed by atoms with Crippen molar-refractivity contribution in [3.63, 3.8) is 0 Å². The second-order valence-corrected chi connectivity index (χ2v) is 8.60. The van der Waals surface area contributed by atoms with Gasteiger partial charge in [-0.3, -0.25) is 9.29 Å². The molecule has 0 bridgehead atoms. The molecule has 1 aromatic carbocycles. The van der Waals surface area contributed by atoms with Crippen LogP contribution in [0.1, 0.15) is 9.67 Å². The molecule has 0 aliphatic heterocycles. The van der Waals surface area contributed by atoms with Crippen molar-refractivity contribution >= 4 is 33.0 Å². The Hall–Kier alpha value is -3.77. The number of benzene rings is 1. The zero-order valence-electron chi connectivity index (χ0n) is 16.0. The van der Waals surface area contributed by atoms with E-state index in [1.165, 1.54) is 30.7 Å². The van der Waals surface area contributed by atoms with Gasteiger partial charge in [0.25, 0.3) is 10.0 Å². The van der Waals surface area contributed by atoms with Gasteiger partial charge in [0.1, 0.15) is 21.8 Å². The van der Waals surface area contributed by atoms with Gasteiger partial charge in [-0.2, -0.15) is 0 Å². The predicted molar refractivity (Wildman–Crippen MR) is 112 cm³/mol. The number of sulfonamides is 1. The van der Waals surface area contributed by atoms with Gasteiger partial charge in [0.2, 0.25) is 5.88 Å². The molecule has 3 aromatic heterocycles. The van der Waals surface area contributed by atoms with Crippen LogP contribution in [0.25, 0.3) is 5.82 Å². The lowest BCUT2D eigenvalue weighted by atomic mass is 10.3. The van der Waals surface area contributed by atoms with E-state index in [1.54, 1.807) is 47.6 Å². The summed E-state index contributed by atoms with van der Waals surface area (Å²) in [4.78, 5) is 15.6. The van der Waals surface area contributed by atoms with Crippen LogP contribution in [-0.4, -0.2) is 41.2 Å². The van der Waals surface area contributed by atoms with Gasteiger partial charge in [-0.1, -0.05) is 0 Å². The van der Waals surface area contributed by atoms with Crippen molar-refractivity contribution in [1.29, 1.82) is 0 Å². The predicted octanol–water partition coefficient (Wildman–Crippen LogP) is 3.10. The molecule has 4 rings (SSSR count). The van der Waals surface area contributed by atoms with Crippen LogP contribution in [-0.2, 0) is 14.8 Å². The van der Waals surface area contributed by atoms with Gasteiger partial charge < -0.3 is 9.47 Å². The van der Waals surface area contributed by atoms with E-state index >= 15 is 0 Å². The number of ether oxygens (including phenoxy) is 2. The lowest BCUT2D eigenvalue weighted by Gasteiger charge is -2.09. The minimum atomic E-state index is -3.96. The number of nitrogens with zero attached hydrogens (tertiary/aromatic N) is 4. The van der Waals surface area contributed by atoms with Crippen LogP contribution in [0.4, 0.5) is 5.69 Å². The topological polar surface area (TPSA) is 125 Å². The number of imidazole rings is 1. The van der Waals surface area contributed by atoms with Gasteiger partial charge >= 0.3 is 5.97 Å². The first kappa shape index (κ1) is 20.5. The van der Waals surface area contributed by atoms with E-state index in [2.05, 4.69) is 24.6 Å². The molecule has 0 aliphatic carbocycles. The van der Waals surface area contributed by atoms with Crippen molar-refractivity contribution < 1.29 is 22.7 Å². The van der Waals surface area contributed by atoms with Crippen LogP contribution in [0.3, 0.4) is 0 Å². The zero-order chi connectivity index (χ0) is 21.8. The van der Waals surface area contributed by atoms with Crippen molar-refractivity contribution in [2.45, 2.75) is 4.90 Å². The summed E-state index contributed by atoms with van der Waals surface area (Å²) in [6.45, 7) is 0. The van der Waals surface area contributed by atoms with Gasteiger partial charge in [0.15, 0.2) is 5.82 Å². The van der Waals surface area contributed by atoms with Crippen LogP contribution in [0.15, 0.2) is 71.5 Å². The summed E-state index contributed by atoms with van der Waals surface area (Å²) in [5, 5.41) is 9.58. The number of esters is 1. The van der Waals surface area contributed by atoms with E-state index in [-0.39, 0.29) is 15.7 Å². The summed E-state index contributed by atoms with van der Waals surface area (Å²) in [6.07, 6.45) is 4.99. The molecule has 0 fully saturated rings. The third-order valence-electron chi connectivity index (χ3n) is 4.01. The summed E-state index contributed by atoms with van der Waals surface area (Å²) in [6, 6.07) is 11.0. The highest BCUT2D eigenvalue weighted by Crippen LogP contribution is 2.27. The number of anilines is 1. The highest BCUT2D eigenvalue weighted by molar-refractivity contribution is 7.93. The molecular formula is C19H15N5O5S2. The average Bonchev–Trinajstić information content (AvgIpc) is 3.48. The second kappa shape index (κ2) is 8.53. The summed E-state index contributed by atoms with van der Waals surface area (Å²) in [7, 11) is -2.77. The maximum Gasteiger partial charge on any atom is 0.349 e.